The lowest BCUT2D eigenvalue weighted by Gasteiger charge is -2.19. The molecular weight excluding hydrogens is 282 g/mol. The predicted octanol–water partition coefficient (Wildman–Crippen LogP) is 4.16. The molecule has 0 saturated heterocycles. The highest BCUT2D eigenvalue weighted by Crippen LogP contribution is 2.23. The average molecular weight is 298 g/mol. The van der Waals surface area contributed by atoms with Gasteiger partial charge in [0.1, 0.15) is 5.75 Å². The lowest BCUT2D eigenvalue weighted by atomic mass is 10.1. The zero-order valence-corrected chi connectivity index (χ0v) is 12.0. The number of thiazole rings is 1. The number of alkyl halides is 2. The summed E-state index contributed by atoms with van der Waals surface area (Å²) in [5, 5.41) is 5.37. The molecule has 3 nitrogen and oxygen atoms in total. The van der Waals surface area contributed by atoms with E-state index in [1.54, 1.807) is 29.0 Å². The van der Waals surface area contributed by atoms with Gasteiger partial charge in [0.15, 0.2) is 0 Å². The molecule has 2 atom stereocenters. The molecule has 0 aliphatic heterocycles. The SMILES string of the molecule is CC(NC(C)c1cscn1)c1cccc(OC(F)F)c1. The van der Waals surface area contributed by atoms with Crippen molar-refractivity contribution in [1.82, 2.24) is 10.3 Å². The van der Waals surface area contributed by atoms with Crippen molar-refractivity contribution >= 4 is 11.3 Å². The Kier molecular flexibility index (Phi) is 5.03. The second-order valence-corrected chi connectivity index (χ2v) is 5.19. The molecule has 2 unspecified atom stereocenters. The summed E-state index contributed by atoms with van der Waals surface area (Å²) in [4.78, 5) is 4.25. The third kappa shape index (κ3) is 3.98. The first-order chi connectivity index (χ1) is 9.56. The fourth-order valence-electron chi connectivity index (χ4n) is 1.95. The van der Waals surface area contributed by atoms with Crippen LogP contribution in [-0.4, -0.2) is 11.6 Å². The largest absolute Gasteiger partial charge is 0.435 e. The second-order valence-electron chi connectivity index (χ2n) is 4.47. The van der Waals surface area contributed by atoms with Crippen LogP contribution in [-0.2, 0) is 0 Å². The van der Waals surface area contributed by atoms with E-state index in [1.165, 1.54) is 6.07 Å². The molecule has 0 aliphatic carbocycles. The Hall–Kier alpha value is -1.53. The summed E-state index contributed by atoms with van der Waals surface area (Å²) in [5.41, 5.74) is 3.65. The maximum atomic E-state index is 12.2. The summed E-state index contributed by atoms with van der Waals surface area (Å²) in [6.45, 7) is 1.19. The van der Waals surface area contributed by atoms with Crippen molar-refractivity contribution < 1.29 is 13.5 Å². The number of aromatic nitrogens is 1. The zero-order valence-electron chi connectivity index (χ0n) is 11.2. The van der Waals surface area contributed by atoms with Gasteiger partial charge in [-0.15, -0.1) is 11.3 Å². The topological polar surface area (TPSA) is 34.2 Å². The van der Waals surface area contributed by atoms with Gasteiger partial charge in [0.2, 0.25) is 0 Å². The first-order valence-electron chi connectivity index (χ1n) is 6.25. The van der Waals surface area contributed by atoms with Crippen LogP contribution >= 0.6 is 11.3 Å². The Morgan fingerprint density at radius 3 is 2.70 bits per heavy atom. The molecular formula is C14H16F2N2OS. The predicted molar refractivity (Wildman–Crippen MR) is 75.2 cm³/mol. The Morgan fingerprint density at radius 2 is 2.05 bits per heavy atom. The van der Waals surface area contributed by atoms with Gasteiger partial charge >= 0.3 is 6.61 Å². The maximum absolute atomic E-state index is 12.2. The van der Waals surface area contributed by atoms with Crippen molar-refractivity contribution in [3.8, 4) is 5.75 Å². The smallest absolute Gasteiger partial charge is 0.387 e. The van der Waals surface area contributed by atoms with Gasteiger partial charge < -0.3 is 10.1 Å². The van der Waals surface area contributed by atoms with Crippen molar-refractivity contribution in [3.05, 3.63) is 46.4 Å². The first-order valence-corrected chi connectivity index (χ1v) is 7.19. The molecule has 0 fully saturated rings. The normalized spacial score (nSPS) is 14.2. The molecule has 0 radical (unpaired) electrons. The lowest BCUT2D eigenvalue weighted by Crippen LogP contribution is -2.22. The van der Waals surface area contributed by atoms with E-state index in [4.69, 9.17) is 0 Å². The van der Waals surface area contributed by atoms with Crippen LogP contribution in [0.5, 0.6) is 5.75 Å². The van der Waals surface area contributed by atoms with Crippen LogP contribution in [0.15, 0.2) is 35.2 Å². The Bertz CT molecular complexity index is 534. The van der Waals surface area contributed by atoms with E-state index in [0.717, 1.165) is 11.3 Å². The molecule has 1 heterocycles. The van der Waals surface area contributed by atoms with Crippen LogP contribution < -0.4 is 10.1 Å². The number of ether oxygens (including phenoxy) is 1. The number of rotatable bonds is 6. The Morgan fingerprint density at radius 1 is 1.25 bits per heavy atom. The standard InChI is InChI=1S/C14H16F2N2OS/c1-9(18-10(2)13-7-20-8-17-13)11-4-3-5-12(6-11)19-14(15)16/h3-10,14,18H,1-2H3. The van der Waals surface area contributed by atoms with Gasteiger partial charge in [0.25, 0.3) is 0 Å². The molecule has 6 heteroatoms. The zero-order chi connectivity index (χ0) is 14.5. The van der Waals surface area contributed by atoms with Crippen molar-refractivity contribution in [2.45, 2.75) is 32.5 Å². The van der Waals surface area contributed by atoms with Gasteiger partial charge in [-0.25, -0.2) is 4.98 Å². The third-order valence-electron chi connectivity index (χ3n) is 2.98. The minimum absolute atomic E-state index is 0.00734. The van der Waals surface area contributed by atoms with Crippen molar-refractivity contribution in [1.29, 1.82) is 0 Å². The van der Waals surface area contributed by atoms with Gasteiger partial charge in [0, 0.05) is 17.5 Å². The molecule has 20 heavy (non-hydrogen) atoms. The third-order valence-corrected chi connectivity index (χ3v) is 3.58. The van der Waals surface area contributed by atoms with Crippen molar-refractivity contribution in [2.75, 3.05) is 0 Å². The van der Waals surface area contributed by atoms with E-state index in [0.29, 0.717) is 0 Å². The molecule has 1 aromatic carbocycles. The van der Waals surface area contributed by atoms with E-state index in [9.17, 15) is 8.78 Å². The van der Waals surface area contributed by atoms with Crippen LogP contribution in [0.25, 0.3) is 0 Å². The van der Waals surface area contributed by atoms with Gasteiger partial charge in [-0.3, -0.25) is 0 Å². The minimum Gasteiger partial charge on any atom is -0.435 e. The summed E-state index contributed by atoms with van der Waals surface area (Å²) in [5.74, 6) is 0.174. The van der Waals surface area contributed by atoms with Gasteiger partial charge in [-0.05, 0) is 31.5 Å². The highest BCUT2D eigenvalue weighted by molar-refractivity contribution is 7.07. The maximum Gasteiger partial charge on any atom is 0.387 e. The number of hydrogen-bond donors (Lipinski definition) is 1. The summed E-state index contributed by atoms with van der Waals surface area (Å²) in [6.07, 6.45) is 0. The summed E-state index contributed by atoms with van der Waals surface area (Å²) in [7, 11) is 0. The molecule has 108 valence electrons. The molecule has 0 saturated carbocycles. The van der Waals surface area contributed by atoms with Crippen molar-refractivity contribution in [3.63, 3.8) is 0 Å². The molecule has 2 rings (SSSR count). The molecule has 0 bridgehead atoms. The lowest BCUT2D eigenvalue weighted by molar-refractivity contribution is -0.0499. The van der Waals surface area contributed by atoms with Crippen LogP contribution in [0.2, 0.25) is 0 Å². The van der Waals surface area contributed by atoms with E-state index in [1.807, 2.05) is 25.3 Å². The van der Waals surface area contributed by atoms with Gasteiger partial charge in [-0.1, -0.05) is 12.1 Å². The molecule has 1 aromatic heterocycles. The first kappa shape index (κ1) is 14.9. The van der Waals surface area contributed by atoms with Crippen LogP contribution in [0, 0.1) is 0 Å². The number of benzene rings is 1. The number of nitrogens with one attached hydrogen (secondary N) is 1. The summed E-state index contributed by atoms with van der Waals surface area (Å²) < 4.78 is 28.8. The Labute approximate surface area is 120 Å². The average Bonchev–Trinajstić information content (AvgIpc) is 2.92. The monoisotopic (exact) mass is 298 g/mol. The fourth-order valence-corrected chi connectivity index (χ4v) is 2.60. The van der Waals surface area contributed by atoms with Crippen LogP contribution in [0.3, 0.4) is 0 Å². The van der Waals surface area contributed by atoms with E-state index < -0.39 is 6.61 Å². The number of hydrogen-bond acceptors (Lipinski definition) is 4. The van der Waals surface area contributed by atoms with Crippen LogP contribution in [0.4, 0.5) is 8.78 Å². The molecule has 0 aliphatic rings. The number of halogens is 2. The second kappa shape index (κ2) is 6.76. The van der Waals surface area contributed by atoms with Gasteiger partial charge in [-0.2, -0.15) is 8.78 Å². The molecule has 0 spiro atoms. The number of nitrogens with zero attached hydrogens (tertiary/aromatic N) is 1. The quantitative estimate of drug-likeness (QED) is 0.869. The van der Waals surface area contributed by atoms with Gasteiger partial charge in [0.05, 0.1) is 11.2 Å². The molecule has 2 aromatic rings. The molecule has 0 amide bonds. The van der Waals surface area contributed by atoms with E-state index >= 15 is 0 Å². The molecule has 1 N–H and O–H groups in total. The van der Waals surface area contributed by atoms with Crippen LogP contribution in [0.1, 0.15) is 37.2 Å². The van der Waals surface area contributed by atoms with Crippen molar-refractivity contribution in [2.24, 2.45) is 0 Å². The summed E-state index contributed by atoms with van der Waals surface area (Å²) >= 11 is 1.55. The minimum atomic E-state index is -2.80. The van der Waals surface area contributed by atoms with E-state index in [-0.39, 0.29) is 17.8 Å². The highest BCUT2D eigenvalue weighted by Gasteiger charge is 2.13. The Balaban J connectivity index is 2.03. The fraction of sp³-hybridized carbons (Fsp3) is 0.357. The van der Waals surface area contributed by atoms with E-state index in [2.05, 4.69) is 15.0 Å². The highest BCUT2D eigenvalue weighted by atomic mass is 32.1. The summed E-state index contributed by atoms with van der Waals surface area (Å²) in [6, 6.07) is 6.83.